The summed E-state index contributed by atoms with van der Waals surface area (Å²) in [7, 11) is -2.03. The monoisotopic (exact) mass is 386 g/mol. The van der Waals surface area contributed by atoms with E-state index in [2.05, 4.69) is 26.0 Å². The van der Waals surface area contributed by atoms with Crippen molar-refractivity contribution in [3.8, 4) is 5.75 Å². The highest BCUT2D eigenvalue weighted by Crippen LogP contribution is 2.24. The lowest BCUT2D eigenvalue weighted by atomic mass is 10.3. The topological polar surface area (TPSA) is 67.4 Å². The number of sulfonamides is 1. The SMILES string of the molecule is CCN[C@H](C)CNS(=O)(=O)c1cc(Br)cc(OC)c1.Cl. The van der Waals surface area contributed by atoms with Crippen LogP contribution < -0.4 is 14.8 Å². The van der Waals surface area contributed by atoms with Gasteiger partial charge in [0.2, 0.25) is 10.0 Å². The van der Waals surface area contributed by atoms with Gasteiger partial charge in [0, 0.05) is 23.1 Å². The number of hydrogen-bond donors (Lipinski definition) is 2. The number of halogens is 2. The number of nitrogens with one attached hydrogen (secondary N) is 2. The van der Waals surface area contributed by atoms with Gasteiger partial charge in [-0.3, -0.25) is 0 Å². The molecule has 0 aliphatic rings. The van der Waals surface area contributed by atoms with Crippen LogP contribution in [0.3, 0.4) is 0 Å². The van der Waals surface area contributed by atoms with Crippen LogP contribution in [0.15, 0.2) is 27.6 Å². The lowest BCUT2D eigenvalue weighted by Crippen LogP contribution is -2.38. The average Bonchev–Trinajstić information content (AvgIpc) is 2.36. The van der Waals surface area contributed by atoms with E-state index >= 15 is 0 Å². The predicted octanol–water partition coefficient (Wildman–Crippen LogP) is 2.16. The molecule has 0 aliphatic carbocycles. The zero-order valence-corrected chi connectivity index (χ0v) is 14.9. The Balaban J connectivity index is 0.00000361. The molecular formula is C12H20BrClN2O3S. The molecule has 1 rings (SSSR count). The van der Waals surface area contributed by atoms with Crippen molar-refractivity contribution >= 4 is 38.4 Å². The highest BCUT2D eigenvalue weighted by molar-refractivity contribution is 9.10. The lowest BCUT2D eigenvalue weighted by molar-refractivity contribution is 0.413. The van der Waals surface area contributed by atoms with Gasteiger partial charge in [-0.1, -0.05) is 22.9 Å². The third-order valence-electron chi connectivity index (χ3n) is 2.52. The predicted molar refractivity (Wildman–Crippen MR) is 86.3 cm³/mol. The fourth-order valence-corrected chi connectivity index (χ4v) is 3.36. The van der Waals surface area contributed by atoms with Gasteiger partial charge in [-0.15, -0.1) is 12.4 Å². The van der Waals surface area contributed by atoms with Crippen LogP contribution in [0.4, 0.5) is 0 Å². The van der Waals surface area contributed by atoms with Crippen molar-refractivity contribution in [1.82, 2.24) is 10.0 Å². The second kappa shape index (κ2) is 8.84. The van der Waals surface area contributed by atoms with Crippen molar-refractivity contribution in [2.45, 2.75) is 24.8 Å². The molecule has 0 bridgehead atoms. The Morgan fingerprint density at radius 1 is 1.35 bits per heavy atom. The molecule has 0 spiro atoms. The molecule has 1 atom stereocenters. The smallest absolute Gasteiger partial charge is 0.240 e. The Bertz CT molecular complexity index is 525. The fourth-order valence-electron chi connectivity index (χ4n) is 1.55. The summed E-state index contributed by atoms with van der Waals surface area (Å²) in [5.41, 5.74) is 0. The van der Waals surface area contributed by atoms with Crippen molar-refractivity contribution in [2.24, 2.45) is 0 Å². The number of ether oxygens (including phenoxy) is 1. The van der Waals surface area contributed by atoms with Gasteiger partial charge in [-0.25, -0.2) is 13.1 Å². The normalized spacial score (nSPS) is 12.6. The Hall–Kier alpha value is -0.340. The van der Waals surface area contributed by atoms with Crippen LogP contribution in [0.25, 0.3) is 0 Å². The van der Waals surface area contributed by atoms with E-state index in [1.165, 1.54) is 13.2 Å². The summed E-state index contributed by atoms with van der Waals surface area (Å²) in [6.07, 6.45) is 0. The Labute approximate surface area is 135 Å². The molecular weight excluding hydrogens is 368 g/mol. The average molecular weight is 388 g/mol. The summed E-state index contributed by atoms with van der Waals surface area (Å²) in [5.74, 6) is 0.495. The van der Waals surface area contributed by atoms with Crippen molar-refractivity contribution in [3.05, 3.63) is 22.7 Å². The number of methoxy groups -OCH3 is 1. The molecule has 1 aromatic carbocycles. The molecule has 0 fully saturated rings. The van der Waals surface area contributed by atoms with E-state index in [1.54, 1.807) is 12.1 Å². The molecule has 0 aromatic heterocycles. The van der Waals surface area contributed by atoms with Crippen LogP contribution in [0.2, 0.25) is 0 Å². The summed E-state index contributed by atoms with van der Waals surface area (Å²) in [5, 5.41) is 3.14. The van der Waals surface area contributed by atoms with Gasteiger partial charge in [0.1, 0.15) is 5.75 Å². The van der Waals surface area contributed by atoms with Crippen LogP contribution in [0.5, 0.6) is 5.75 Å². The summed E-state index contributed by atoms with van der Waals surface area (Å²) in [6.45, 7) is 5.04. The van der Waals surface area contributed by atoms with Gasteiger partial charge in [-0.2, -0.15) is 0 Å². The highest BCUT2D eigenvalue weighted by Gasteiger charge is 2.16. The summed E-state index contributed by atoms with van der Waals surface area (Å²) < 4.78 is 32.6. The Kier molecular flexibility index (Phi) is 8.69. The van der Waals surface area contributed by atoms with Crippen LogP contribution >= 0.6 is 28.3 Å². The molecule has 0 unspecified atom stereocenters. The number of rotatable bonds is 7. The third-order valence-corrected chi connectivity index (χ3v) is 4.38. The minimum Gasteiger partial charge on any atom is -0.497 e. The van der Waals surface area contributed by atoms with E-state index in [-0.39, 0.29) is 23.3 Å². The van der Waals surface area contributed by atoms with Crippen LogP contribution in [0.1, 0.15) is 13.8 Å². The third kappa shape index (κ3) is 5.97. The molecule has 116 valence electrons. The molecule has 0 saturated heterocycles. The Morgan fingerprint density at radius 2 is 2.00 bits per heavy atom. The van der Waals surface area contributed by atoms with E-state index in [9.17, 15) is 8.42 Å². The standard InChI is InChI=1S/C12H19BrN2O3S.ClH/c1-4-14-9(2)8-15-19(16,17)12-6-10(13)5-11(7-12)18-3;/h5-7,9,14-15H,4,8H2,1-3H3;1H/t9-;/m1./s1. The first-order valence-corrected chi connectivity index (χ1v) is 8.24. The maximum atomic E-state index is 12.1. The zero-order chi connectivity index (χ0) is 14.5. The quantitative estimate of drug-likeness (QED) is 0.752. The maximum absolute atomic E-state index is 12.1. The first-order chi connectivity index (χ1) is 8.89. The van der Waals surface area contributed by atoms with Crippen molar-refractivity contribution < 1.29 is 13.2 Å². The van der Waals surface area contributed by atoms with Crippen molar-refractivity contribution in [3.63, 3.8) is 0 Å². The fraction of sp³-hybridized carbons (Fsp3) is 0.500. The highest BCUT2D eigenvalue weighted by atomic mass is 79.9. The summed E-state index contributed by atoms with van der Waals surface area (Å²) in [6, 6.07) is 4.82. The van der Waals surface area contributed by atoms with Crippen molar-refractivity contribution in [1.29, 1.82) is 0 Å². The van der Waals surface area contributed by atoms with Crippen molar-refractivity contribution in [2.75, 3.05) is 20.2 Å². The van der Waals surface area contributed by atoms with Gasteiger partial charge >= 0.3 is 0 Å². The summed E-state index contributed by atoms with van der Waals surface area (Å²) in [4.78, 5) is 0.183. The lowest BCUT2D eigenvalue weighted by Gasteiger charge is -2.14. The number of likely N-dealkylation sites (N-methyl/N-ethyl adjacent to an activating group) is 1. The number of hydrogen-bond acceptors (Lipinski definition) is 4. The first kappa shape index (κ1) is 19.7. The maximum Gasteiger partial charge on any atom is 0.240 e. The molecule has 20 heavy (non-hydrogen) atoms. The molecule has 2 N–H and O–H groups in total. The molecule has 0 heterocycles. The van der Waals surface area contributed by atoms with E-state index < -0.39 is 10.0 Å². The molecule has 0 aliphatic heterocycles. The molecule has 0 amide bonds. The van der Waals surface area contributed by atoms with E-state index in [1.807, 2.05) is 13.8 Å². The molecule has 8 heteroatoms. The van der Waals surface area contributed by atoms with Gasteiger partial charge in [0.05, 0.1) is 12.0 Å². The van der Waals surface area contributed by atoms with Gasteiger partial charge < -0.3 is 10.1 Å². The van der Waals surface area contributed by atoms with E-state index in [0.29, 0.717) is 16.8 Å². The zero-order valence-electron chi connectivity index (χ0n) is 11.6. The van der Waals surface area contributed by atoms with Gasteiger partial charge in [0.15, 0.2) is 0 Å². The largest absolute Gasteiger partial charge is 0.497 e. The van der Waals surface area contributed by atoms with Crippen LogP contribution in [-0.4, -0.2) is 34.7 Å². The molecule has 0 radical (unpaired) electrons. The summed E-state index contributed by atoms with van der Waals surface area (Å²) >= 11 is 3.27. The number of benzene rings is 1. The van der Waals surface area contributed by atoms with Gasteiger partial charge in [-0.05, 0) is 25.6 Å². The molecule has 0 saturated carbocycles. The van der Waals surface area contributed by atoms with E-state index in [4.69, 9.17) is 4.74 Å². The van der Waals surface area contributed by atoms with Crippen LogP contribution in [0, 0.1) is 0 Å². The van der Waals surface area contributed by atoms with Crippen LogP contribution in [-0.2, 0) is 10.0 Å². The Morgan fingerprint density at radius 3 is 2.55 bits per heavy atom. The molecule has 1 aromatic rings. The second-order valence-corrected chi connectivity index (χ2v) is 6.82. The van der Waals surface area contributed by atoms with E-state index in [0.717, 1.165) is 6.54 Å². The minimum absolute atomic E-state index is 0. The first-order valence-electron chi connectivity index (χ1n) is 5.96. The van der Waals surface area contributed by atoms with Gasteiger partial charge in [0.25, 0.3) is 0 Å². The molecule has 5 nitrogen and oxygen atoms in total. The minimum atomic E-state index is -3.53. The second-order valence-electron chi connectivity index (χ2n) is 4.14.